The van der Waals surface area contributed by atoms with Crippen LogP contribution in [0.2, 0.25) is 0 Å². The first-order valence-corrected chi connectivity index (χ1v) is 0. The zero-order chi connectivity index (χ0) is 0. The molecule has 0 amide bonds. The molecule has 0 saturated heterocycles. The fourth-order valence-corrected chi connectivity index (χ4v) is 0. The Balaban J connectivity index is 0. The molecule has 0 aromatic heterocycles. The van der Waals surface area contributed by atoms with Gasteiger partial charge >= 0.3 is 25.8 Å². The molecule has 0 bridgehead atoms. The Morgan fingerprint density at radius 2 is 0.400 bits per heavy atom. The molecule has 0 N–H and O–H groups in total. The molecular formula is B4Hf. The summed E-state index contributed by atoms with van der Waals surface area (Å²) in [6.45, 7) is 0. The summed E-state index contributed by atoms with van der Waals surface area (Å²) in [4.78, 5) is 0. The van der Waals surface area contributed by atoms with Gasteiger partial charge in [-0.25, -0.2) is 0 Å². The van der Waals surface area contributed by atoms with Gasteiger partial charge in [-0.2, -0.15) is 0 Å². The Bertz CT molecular complexity index is 3.61. The van der Waals surface area contributed by atoms with E-state index < -0.39 is 0 Å². The second-order valence-corrected chi connectivity index (χ2v) is 0. The molecule has 0 nitrogen and oxygen atoms in total. The zero-order valence-electron chi connectivity index (χ0n) is 2.81. The molecule has 16 valence electrons. The van der Waals surface area contributed by atoms with Crippen molar-refractivity contribution in [2.45, 2.75) is 0 Å². The second-order valence-electron chi connectivity index (χ2n) is 0. The van der Waals surface area contributed by atoms with Crippen LogP contribution in [0.5, 0.6) is 0 Å². The van der Waals surface area contributed by atoms with Crippen molar-refractivity contribution < 1.29 is 25.8 Å². The van der Waals surface area contributed by atoms with Crippen LogP contribution in [0.1, 0.15) is 0 Å². The predicted molar refractivity (Wildman–Crippen MR) is 23.0 cm³/mol. The molecule has 0 unspecified atom stereocenters. The van der Waals surface area contributed by atoms with Crippen molar-refractivity contribution in [3.63, 3.8) is 0 Å². The van der Waals surface area contributed by atoms with Crippen molar-refractivity contribution in [2.75, 3.05) is 0 Å². The average Bonchev–Trinajstić information content (AvgIpc) is 0. The van der Waals surface area contributed by atoms with Crippen molar-refractivity contribution >= 4 is 33.7 Å². The van der Waals surface area contributed by atoms with Crippen LogP contribution in [0.4, 0.5) is 0 Å². The van der Waals surface area contributed by atoms with E-state index in [0.29, 0.717) is 0 Å². The zero-order valence-corrected chi connectivity index (χ0v) is 6.40. The third-order valence-corrected chi connectivity index (χ3v) is 0. The summed E-state index contributed by atoms with van der Waals surface area (Å²) >= 11 is 0. The van der Waals surface area contributed by atoms with Crippen LogP contribution in [0.15, 0.2) is 0 Å². The number of rotatable bonds is 0. The molecule has 0 atom stereocenters. The van der Waals surface area contributed by atoms with Gasteiger partial charge < -0.3 is 33.7 Å². The van der Waals surface area contributed by atoms with Crippen molar-refractivity contribution in [1.82, 2.24) is 0 Å². The summed E-state index contributed by atoms with van der Waals surface area (Å²) in [6, 6.07) is 0. The summed E-state index contributed by atoms with van der Waals surface area (Å²) in [6.07, 6.45) is 0. The number of hydrogen-bond donors (Lipinski definition) is 0. The first-order chi connectivity index (χ1) is 0. The topological polar surface area (TPSA) is 0 Å². The maximum Gasteiger partial charge on any atom is 4.00 e. The molecule has 0 rings (SSSR count). The standard InChI is InChI=1S/4B.Hf/q4*-1;+4. The minimum Gasteiger partial charge on any atom is -1.00 e. The molecule has 0 spiro atoms. The predicted octanol–water partition coefficient (Wildman–Crippen LogP) is -1.53. The molecule has 0 aromatic rings. The Kier molecular flexibility index (Phi) is 1730. The van der Waals surface area contributed by atoms with Crippen LogP contribution in [-0.4, -0.2) is 33.7 Å². The SMILES string of the molecule is [B-].[B-].[B-].[B-].[Hf+4]. The van der Waals surface area contributed by atoms with Gasteiger partial charge in [0.1, 0.15) is 0 Å². The van der Waals surface area contributed by atoms with Crippen LogP contribution in [0.25, 0.3) is 0 Å². The molecular weight excluding hydrogens is 222 g/mol. The smallest absolute Gasteiger partial charge is 1.00 e. The summed E-state index contributed by atoms with van der Waals surface area (Å²) in [7, 11) is 0. The fraction of sp³-hybridized carbons (Fsp3) is 0. The minimum absolute atomic E-state index is 0. The van der Waals surface area contributed by atoms with E-state index in [9.17, 15) is 0 Å². The van der Waals surface area contributed by atoms with Crippen LogP contribution in [0.3, 0.4) is 0 Å². The maximum absolute atomic E-state index is 0. The van der Waals surface area contributed by atoms with E-state index in [0.717, 1.165) is 0 Å². The Labute approximate surface area is 59.6 Å². The molecule has 0 saturated carbocycles. The first-order valence-electron chi connectivity index (χ1n) is 0. The summed E-state index contributed by atoms with van der Waals surface area (Å²) in [5.74, 6) is 0. The van der Waals surface area contributed by atoms with E-state index in [2.05, 4.69) is 0 Å². The van der Waals surface area contributed by atoms with E-state index in [1.165, 1.54) is 0 Å². The summed E-state index contributed by atoms with van der Waals surface area (Å²) in [5, 5.41) is 0. The summed E-state index contributed by atoms with van der Waals surface area (Å²) in [5.41, 5.74) is 0. The van der Waals surface area contributed by atoms with Gasteiger partial charge in [0.05, 0.1) is 0 Å². The van der Waals surface area contributed by atoms with Crippen molar-refractivity contribution in [3.05, 3.63) is 0 Å². The van der Waals surface area contributed by atoms with Crippen LogP contribution >= 0.6 is 0 Å². The van der Waals surface area contributed by atoms with Crippen molar-refractivity contribution in [2.24, 2.45) is 0 Å². The van der Waals surface area contributed by atoms with E-state index in [1.807, 2.05) is 0 Å². The largest absolute Gasteiger partial charge is 4.00 e. The van der Waals surface area contributed by atoms with Crippen molar-refractivity contribution in [1.29, 1.82) is 0 Å². The van der Waals surface area contributed by atoms with Gasteiger partial charge in [0, 0.05) is 0 Å². The van der Waals surface area contributed by atoms with Gasteiger partial charge in [-0.1, -0.05) is 0 Å². The molecule has 0 aliphatic heterocycles. The van der Waals surface area contributed by atoms with Gasteiger partial charge in [-0.15, -0.1) is 0 Å². The molecule has 0 aliphatic carbocycles. The quantitative estimate of drug-likeness (QED) is 0.436. The average molecular weight is 222 g/mol. The van der Waals surface area contributed by atoms with E-state index in [-0.39, 0.29) is 59.5 Å². The summed E-state index contributed by atoms with van der Waals surface area (Å²) < 4.78 is 0. The third kappa shape index (κ3) is 39.4. The van der Waals surface area contributed by atoms with E-state index in [4.69, 9.17) is 0 Å². The van der Waals surface area contributed by atoms with E-state index >= 15 is 0 Å². The maximum atomic E-state index is 0. The first kappa shape index (κ1) is 126. The van der Waals surface area contributed by atoms with Crippen LogP contribution < -0.4 is 0 Å². The third-order valence-electron chi connectivity index (χ3n) is 0. The fourth-order valence-electron chi connectivity index (χ4n) is 0. The monoisotopic (exact) mass is 224 g/mol. The second kappa shape index (κ2) is 68.5. The molecule has 5 heteroatoms. The van der Waals surface area contributed by atoms with Crippen LogP contribution in [0, 0.1) is 0 Å². The van der Waals surface area contributed by atoms with Gasteiger partial charge in [-0.3, -0.25) is 0 Å². The molecule has 16 radical (unpaired) electrons. The van der Waals surface area contributed by atoms with Crippen LogP contribution in [-0.2, 0) is 25.8 Å². The molecule has 5 heavy (non-hydrogen) atoms. The Morgan fingerprint density at radius 3 is 0.400 bits per heavy atom. The number of hydrogen-bond acceptors (Lipinski definition) is 0. The minimum atomic E-state index is 0. The van der Waals surface area contributed by atoms with Crippen molar-refractivity contribution in [3.8, 4) is 0 Å². The van der Waals surface area contributed by atoms with Gasteiger partial charge in [0.15, 0.2) is 0 Å². The van der Waals surface area contributed by atoms with E-state index in [1.54, 1.807) is 0 Å². The Hall–Kier alpha value is 1.13. The van der Waals surface area contributed by atoms with Gasteiger partial charge in [0.2, 0.25) is 0 Å². The molecule has 0 heterocycles. The molecule has 0 fully saturated rings. The normalized spacial score (nSPS) is 0. The Morgan fingerprint density at radius 1 is 0.400 bits per heavy atom. The van der Waals surface area contributed by atoms with Gasteiger partial charge in [-0.05, 0) is 0 Å². The van der Waals surface area contributed by atoms with Gasteiger partial charge in [0.25, 0.3) is 0 Å². The molecule has 0 aromatic carbocycles. The molecule has 0 aliphatic rings.